The molecule has 0 radical (unpaired) electrons. The van der Waals surface area contributed by atoms with Crippen molar-refractivity contribution in [2.75, 3.05) is 32.8 Å². The fraction of sp³-hybridized carbons (Fsp3) is 0.786. The van der Waals surface area contributed by atoms with Crippen LogP contribution in [0.3, 0.4) is 0 Å². The van der Waals surface area contributed by atoms with E-state index in [0.29, 0.717) is 12.0 Å². The molecule has 21 heavy (non-hydrogen) atoms. The zero-order chi connectivity index (χ0) is 14.7. The van der Waals surface area contributed by atoms with Gasteiger partial charge in [0.2, 0.25) is 0 Å². The molecule has 1 N–H and O–H groups in total. The summed E-state index contributed by atoms with van der Waals surface area (Å²) in [6, 6.07) is 0. The molecule has 1 aromatic rings. The fourth-order valence-electron chi connectivity index (χ4n) is 3.12. The summed E-state index contributed by atoms with van der Waals surface area (Å²) in [5.74, 6) is 1.85. The van der Waals surface area contributed by atoms with Gasteiger partial charge in [0, 0.05) is 38.7 Å². The molecule has 2 saturated heterocycles. The summed E-state index contributed by atoms with van der Waals surface area (Å²) in [6.45, 7) is 7.41. The number of hydrogen-bond acceptors (Lipinski definition) is 4. The molecule has 1 atom stereocenters. The Hall–Kier alpha value is -1.63. The second kappa shape index (κ2) is 6.01. The van der Waals surface area contributed by atoms with Gasteiger partial charge in [-0.1, -0.05) is 0 Å². The van der Waals surface area contributed by atoms with Crippen molar-refractivity contribution < 1.29 is 4.74 Å². The Bertz CT molecular complexity index is 505. The van der Waals surface area contributed by atoms with Crippen LogP contribution in [0.2, 0.25) is 0 Å². The summed E-state index contributed by atoms with van der Waals surface area (Å²) < 4.78 is 7.36. The maximum absolute atomic E-state index is 5.60. The van der Waals surface area contributed by atoms with E-state index in [1.807, 2.05) is 7.05 Å². The molecule has 2 fully saturated rings. The van der Waals surface area contributed by atoms with Gasteiger partial charge in [0.25, 0.3) is 0 Å². The van der Waals surface area contributed by atoms with E-state index in [9.17, 15) is 0 Å². The Morgan fingerprint density at radius 3 is 3.10 bits per heavy atom. The molecular formula is C14H24N6O. The molecule has 116 valence electrons. The summed E-state index contributed by atoms with van der Waals surface area (Å²) in [6.07, 6.45) is 3.94. The Labute approximate surface area is 125 Å². The largest absolute Gasteiger partial charge is 0.381 e. The maximum Gasteiger partial charge on any atom is 0.194 e. The third-order valence-electron chi connectivity index (χ3n) is 4.43. The van der Waals surface area contributed by atoms with E-state index in [4.69, 9.17) is 9.73 Å². The average molecular weight is 292 g/mol. The minimum Gasteiger partial charge on any atom is -0.381 e. The lowest BCUT2D eigenvalue weighted by Crippen LogP contribution is -2.41. The molecule has 0 bridgehead atoms. The molecular weight excluding hydrogens is 268 g/mol. The first-order valence-electron chi connectivity index (χ1n) is 7.66. The summed E-state index contributed by atoms with van der Waals surface area (Å²) in [7, 11) is 1.89. The Kier molecular flexibility index (Phi) is 4.10. The predicted molar refractivity (Wildman–Crippen MR) is 79.9 cm³/mol. The molecule has 7 nitrogen and oxygen atoms in total. The van der Waals surface area contributed by atoms with Crippen LogP contribution in [-0.4, -0.2) is 58.5 Å². The number of nitrogens with one attached hydrogen (secondary N) is 1. The van der Waals surface area contributed by atoms with Gasteiger partial charge in [-0.2, -0.15) is 5.10 Å². The van der Waals surface area contributed by atoms with E-state index in [-0.39, 0.29) is 0 Å². The molecule has 1 aromatic heterocycles. The van der Waals surface area contributed by atoms with Crippen LogP contribution in [0.25, 0.3) is 0 Å². The number of likely N-dealkylation sites (tertiary alicyclic amines) is 1. The Morgan fingerprint density at radius 1 is 1.52 bits per heavy atom. The molecule has 1 spiro atoms. The highest BCUT2D eigenvalue weighted by molar-refractivity contribution is 5.80. The van der Waals surface area contributed by atoms with Crippen molar-refractivity contribution in [2.24, 2.45) is 17.5 Å². The van der Waals surface area contributed by atoms with Crippen LogP contribution in [0.5, 0.6) is 0 Å². The molecule has 7 heteroatoms. The van der Waals surface area contributed by atoms with Crippen molar-refractivity contribution in [3.8, 4) is 0 Å². The van der Waals surface area contributed by atoms with Gasteiger partial charge in [-0.15, -0.1) is 0 Å². The molecule has 1 unspecified atom stereocenters. The zero-order valence-corrected chi connectivity index (χ0v) is 12.9. The van der Waals surface area contributed by atoms with Crippen molar-refractivity contribution in [2.45, 2.75) is 26.3 Å². The number of hydrogen-bond donors (Lipinski definition) is 1. The average Bonchev–Trinajstić information content (AvgIpc) is 3.19. The quantitative estimate of drug-likeness (QED) is 0.645. The van der Waals surface area contributed by atoms with E-state index >= 15 is 0 Å². The SMILES string of the molecule is CCNC(=NCc1ncnn1C)N1CCC2(CCOC2)C1. The molecule has 0 saturated carbocycles. The lowest BCUT2D eigenvalue weighted by atomic mass is 9.87. The summed E-state index contributed by atoms with van der Waals surface area (Å²) in [5, 5.41) is 7.47. The number of aliphatic imine (C=N–C) groups is 1. The Morgan fingerprint density at radius 2 is 2.43 bits per heavy atom. The number of guanidine groups is 1. The molecule has 3 heterocycles. The van der Waals surface area contributed by atoms with E-state index in [2.05, 4.69) is 27.2 Å². The number of nitrogens with zero attached hydrogens (tertiary/aromatic N) is 5. The normalized spacial score (nSPS) is 26.0. The van der Waals surface area contributed by atoms with E-state index in [0.717, 1.165) is 44.6 Å². The molecule has 0 aromatic carbocycles. The van der Waals surface area contributed by atoms with Crippen molar-refractivity contribution >= 4 is 5.96 Å². The predicted octanol–water partition coefficient (Wildman–Crippen LogP) is 0.393. The first-order valence-corrected chi connectivity index (χ1v) is 7.66. The highest BCUT2D eigenvalue weighted by Gasteiger charge is 2.42. The number of ether oxygens (including phenoxy) is 1. The lowest BCUT2D eigenvalue weighted by Gasteiger charge is -2.24. The lowest BCUT2D eigenvalue weighted by molar-refractivity contribution is 0.156. The smallest absolute Gasteiger partial charge is 0.194 e. The van der Waals surface area contributed by atoms with E-state index in [1.165, 1.54) is 12.8 Å². The van der Waals surface area contributed by atoms with Crippen molar-refractivity contribution in [3.63, 3.8) is 0 Å². The first-order chi connectivity index (χ1) is 10.2. The van der Waals surface area contributed by atoms with Crippen LogP contribution in [0.4, 0.5) is 0 Å². The van der Waals surface area contributed by atoms with E-state index < -0.39 is 0 Å². The van der Waals surface area contributed by atoms with Crippen LogP contribution in [0, 0.1) is 5.41 Å². The highest BCUT2D eigenvalue weighted by atomic mass is 16.5. The molecule has 3 rings (SSSR count). The number of aromatic nitrogens is 3. The highest BCUT2D eigenvalue weighted by Crippen LogP contribution is 2.38. The van der Waals surface area contributed by atoms with Gasteiger partial charge in [-0.25, -0.2) is 9.98 Å². The second-order valence-electron chi connectivity index (χ2n) is 5.94. The van der Waals surface area contributed by atoms with Crippen LogP contribution in [-0.2, 0) is 18.3 Å². The van der Waals surface area contributed by atoms with Gasteiger partial charge in [0.15, 0.2) is 5.96 Å². The number of aryl methyl sites for hydroxylation is 1. The third-order valence-corrected chi connectivity index (χ3v) is 4.43. The van der Waals surface area contributed by atoms with Gasteiger partial charge in [-0.05, 0) is 19.8 Å². The molecule has 0 amide bonds. The van der Waals surface area contributed by atoms with Crippen LogP contribution in [0.15, 0.2) is 11.3 Å². The van der Waals surface area contributed by atoms with Gasteiger partial charge in [0.05, 0.1) is 6.61 Å². The van der Waals surface area contributed by atoms with Crippen LogP contribution >= 0.6 is 0 Å². The summed E-state index contributed by atoms with van der Waals surface area (Å²) in [5.41, 5.74) is 0.348. The fourth-order valence-corrected chi connectivity index (χ4v) is 3.12. The first kappa shape index (κ1) is 14.3. The molecule has 2 aliphatic rings. The van der Waals surface area contributed by atoms with Crippen molar-refractivity contribution in [1.82, 2.24) is 25.0 Å². The summed E-state index contributed by atoms with van der Waals surface area (Å²) >= 11 is 0. The topological polar surface area (TPSA) is 67.6 Å². The van der Waals surface area contributed by atoms with E-state index in [1.54, 1.807) is 11.0 Å². The zero-order valence-electron chi connectivity index (χ0n) is 12.9. The Balaban J connectivity index is 1.68. The van der Waals surface area contributed by atoms with Gasteiger partial charge in [0.1, 0.15) is 18.7 Å². The monoisotopic (exact) mass is 292 g/mol. The van der Waals surface area contributed by atoms with Crippen LogP contribution in [0.1, 0.15) is 25.6 Å². The van der Waals surface area contributed by atoms with Gasteiger partial charge >= 0.3 is 0 Å². The minimum atomic E-state index is 0.348. The maximum atomic E-state index is 5.60. The number of rotatable bonds is 3. The summed E-state index contributed by atoms with van der Waals surface area (Å²) in [4.78, 5) is 11.3. The standard InChI is InChI=1S/C14H24N6O/c1-3-15-13(16-8-12-17-11-18-19(12)2)20-6-4-14(9-20)5-7-21-10-14/h11H,3-10H2,1-2H3,(H,15,16). The minimum absolute atomic E-state index is 0.348. The molecule has 0 aliphatic carbocycles. The van der Waals surface area contributed by atoms with Gasteiger partial charge < -0.3 is 15.0 Å². The van der Waals surface area contributed by atoms with Crippen LogP contribution < -0.4 is 5.32 Å². The van der Waals surface area contributed by atoms with Crippen molar-refractivity contribution in [1.29, 1.82) is 0 Å². The third kappa shape index (κ3) is 3.02. The second-order valence-corrected chi connectivity index (χ2v) is 5.94. The van der Waals surface area contributed by atoms with Gasteiger partial charge in [-0.3, -0.25) is 4.68 Å². The molecule has 2 aliphatic heterocycles. The van der Waals surface area contributed by atoms with Crippen molar-refractivity contribution in [3.05, 3.63) is 12.2 Å².